The maximum Gasteiger partial charge on any atom is 0.201 e. The molecule has 1 heterocycles. The molecule has 130 valence electrons. The van der Waals surface area contributed by atoms with Gasteiger partial charge >= 0.3 is 0 Å². The predicted molar refractivity (Wildman–Crippen MR) is 94.0 cm³/mol. The van der Waals surface area contributed by atoms with Crippen molar-refractivity contribution < 1.29 is 13.5 Å². The van der Waals surface area contributed by atoms with E-state index in [2.05, 4.69) is 32.8 Å². The lowest BCUT2D eigenvalue weighted by Crippen LogP contribution is -2.02. The highest BCUT2D eigenvalue weighted by molar-refractivity contribution is 9.10. The number of aromatic nitrogens is 2. The summed E-state index contributed by atoms with van der Waals surface area (Å²) < 4.78 is 34.4. The maximum atomic E-state index is 14.2. The molecule has 0 saturated heterocycles. The Labute approximate surface area is 149 Å². The number of hydrogen-bond donors (Lipinski definition) is 0. The first-order valence-electron chi connectivity index (χ1n) is 8.22. The van der Waals surface area contributed by atoms with E-state index in [-0.39, 0.29) is 17.1 Å². The smallest absolute Gasteiger partial charge is 0.201 e. The summed E-state index contributed by atoms with van der Waals surface area (Å²) >= 11 is 3.20. The molecule has 0 fully saturated rings. The van der Waals surface area contributed by atoms with Crippen molar-refractivity contribution in [2.24, 2.45) is 0 Å². The van der Waals surface area contributed by atoms with Crippen molar-refractivity contribution >= 4 is 15.9 Å². The van der Waals surface area contributed by atoms with E-state index >= 15 is 0 Å². The molecule has 0 atom stereocenters. The Kier molecular flexibility index (Phi) is 7.56. The fourth-order valence-electron chi connectivity index (χ4n) is 2.33. The summed E-state index contributed by atoms with van der Waals surface area (Å²) in [5, 5.41) is 0. The molecule has 6 heteroatoms. The molecular formula is C18H21BrF2N2O. The highest BCUT2D eigenvalue weighted by Gasteiger charge is 2.17. The quantitative estimate of drug-likeness (QED) is 0.491. The number of halogens is 3. The molecule has 24 heavy (non-hydrogen) atoms. The van der Waals surface area contributed by atoms with Crippen LogP contribution >= 0.6 is 15.9 Å². The molecule has 0 saturated carbocycles. The molecule has 2 rings (SSSR count). The van der Waals surface area contributed by atoms with E-state index < -0.39 is 11.6 Å². The highest BCUT2D eigenvalue weighted by Crippen LogP contribution is 2.28. The van der Waals surface area contributed by atoms with Crippen LogP contribution in [0.1, 0.15) is 45.4 Å². The number of unbranched alkanes of at least 4 members (excludes halogenated alkanes) is 5. The Hall–Kier alpha value is -1.56. The summed E-state index contributed by atoms with van der Waals surface area (Å²) in [6.45, 7) is 2.56. The summed E-state index contributed by atoms with van der Waals surface area (Å²) in [7, 11) is 0. The van der Waals surface area contributed by atoms with E-state index in [4.69, 9.17) is 4.74 Å². The van der Waals surface area contributed by atoms with Crippen molar-refractivity contribution in [1.82, 2.24) is 9.97 Å². The van der Waals surface area contributed by atoms with Gasteiger partial charge in [-0.3, -0.25) is 0 Å². The molecule has 0 spiro atoms. The molecule has 0 aliphatic heterocycles. The Bertz CT molecular complexity index is 650. The fraction of sp³-hybridized carbons (Fsp3) is 0.444. The van der Waals surface area contributed by atoms with Gasteiger partial charge in [0, 0.05) is 12.4 Å². The monoisotopic (exact) mass is 398 g/mol. The third kappa shape index (κ3) is 5.23. The molecule has 0 bridgehead atoms. The molecule has 1 aromatic heterocycles. The minimum Gasteiger partial charge on any atom is -0.490 e. The zero-order chi connectivity index (χ0) is 17.4. The van der Waals surface area contributed by atoms with Gasteiger partial charge in [-0.05, 0) is 34.5 Å². The molecule has 1 aromatic carbocycles. The Morgan fingerprint density at radius 2 is 1.62 bits per heavy atom. The average Bonchev–Trinajstić information content (AvgIpc) is 2.59. The summed E-state index contributed by atoms with van der Waals surface area (Å²) in [5.74, 6) is -1.92. The van der Waals surface area contributed by atoms with Crippen molar-refractivity contribution in [1.29, 1.82) is 0 Å². The maximum absolute atomic E-state index is 14.2. The number of hydrogen-bond acceptors (Lipinski definition) is 3. The minimum absolute atomic E-state index is 0.0203. The molecule has 0 amide bonds. The molecule has 2 aromatic rings. The summed E-state index contributed by atoms with van der Waals surface area (Å²) in [4.78, 5) is 7.97. The third-order valence-electron chi connectivity index (χ3n) is 3.66. The van der Waals surface area contributed by atoms with Gasteiger partial charge in [0.25, 0.3) is 0 Å². The normalized spacial score (nSPS) is 10.8. The second-order valence-corrected chi connectivity index (χ2v) is 6.50. The molecular weight excluding hydrogens is 378 g/mol. The van der Waals surface area contributed by atoms with E-state index in [0.29, 0.717) is 11.1 Å². The van der Waals surface area contributed by atoms with E-state index in [9.17, 15) is 8.78 Å². The Morgan fingerprint density at radius 3 is 2.33 bits per heavy atom. The largest absolute Gasteiger partial charge is 0.490 e. The molecule has 0 radical (unpaired) electrons. The molecule has 0 aliphatic rings. The summed E-state index contributed by atoms with van der Waals surface area (Å²) in [6.07, 6.45) is 9.65. The lowest BCUT2D eigenvalue weighted by atomic mass is 10.1. The van der Waals surface area contributed by atoms with Gasteiger partial charge in [0.15, 0.2) is 17.4 Å². The van der Waals surface area contributed by atoms with Gasteiger partial charge in [0.05, 0.1) is 16.6 Å². The van der Waals surface area contributed by atoms with Crippen molar-refractivity contribution in [3.8, 4) is 17.1 Å². The lowest BCUT2D eigenvalue weighted by molar-refractivity contribution is 0.285. The third-order valence-corrected chi connectivity index (χ3v) is 4.07. The van der Waals surface area contributed by atoms with Crippen LogP contribution in [0.4, 0.5) is 8.78 Å². The molecule has 3 nitrogen and oxygen atoms in total. The van der Waals surface area contributed by atoms with Crippen LogP contribution in [0.15, 0.2) is 29.0 Å². The van der Waals surface area contributed by atoms with E-state index in [0.717, 1.165) is 19.3 Å². The molecule has 0 aliphatic carbocycles. The highest BCUT2D eigenvalue weighted by atomic mass is 79.9. The van der Waals surface area contributed by atoms with Gasteiger partial charge < -0.3 is 4.74 Å². The van der Waals surface area contributed by atoms with Crippen LogP contribution < -0.4 is 4.74 Å². The number of rotatable bonds is 9. The van der Waals surface area contributed by atoms with E-state index in [1.54, 1.807) is 0 Å². The van der Waals surface area contributed by atoms with Crippen LogP contribution in [0.25, 0.3) is 11.4 Å². The van der Waals surface area contributed by atoms with Gasteiger partial charge in [-0.2, -0.15) is 4.39 Å². The van der Waals surface area contributed by atoms with Crippen LogP contribution in [0.3, 0.4) is 0 Å². The lowest BCUT2D eigenvalue weighted by Gasteiger charge is -2.10. The van der Waals surface area contributed by atoms with Crippen LogP contribution in [0.2, 0.25) is 0 Å². The van der Waals surface area contributed by atoms with Gasteiger partial charge in [-0.1, -0.05) is 39.0 Å². The van der Waals surface area contributed by atoms with Crippen molar-refractivity contribution in [3.63, 3.8) is 0 Å². The summed E-state index contributed by atoms with van der Waals surface area (Å²) in [6, 6.07) is 2.87. The van der Waals surface area contributed by atoms with Crippen LogP contribution in [0, 0.1) is 11.6 Å². The first-order valence-corrected chi connectivity index (χ1v) is 9.01. The summed E-state index contributed by atoms with van der Waals surface area (Å²) in [5.41, 5.74) is 0.0203. The topological polar surface area (TPSA) is 35.0 Å². The second kappa shape index (κ2) is 9.67. The van der Waals surface area contributed by atoms with Crippen LogP contribution in [-0.4, -0.2) is 16.6 Å². The standard InChI is InChI=1S/C18H21BrF2N2O/c1-2-3-4-5-6-7-10-24-15-9-8-14(16(20)17(15)21)18-22-11-13(19)12-23-18/h8-9,11-12H,2-7,10H2,1H3. The van der Waals surface area contributed by atoms with Gasteiger partial charge in [-0.25, -0.2) is 14.4 Å². The van der Waals surface area contributed by atoms with Crippen molar-refractivity contribution in [2.45, 2.75) is 45.4 Å². The SMILES string of the molecule is CCCCCCCCOc1ccc(-c2ncc(Br)cn2)c(F)c1F. The average molecular weight is 399 g/mol. The first-order chi connectivity index (χ1) is 11.6. The van der Waals surface area contributed by atoms with Gasteiger partial charge in [-0.15, -0.1) is 0 Å². The fourth-order valence-corrected chi connectivity index (χ4v) is 2.54. The number of benzene rings is 1. The van der Waals surface area contributed by atoms with Crippen molar-refractivity contribution in [3.05, 3.63) is 40.6 Å². The van der Waals surface area contributed by atoms with E-state index in [1.165, 1.54) is 43.8 Å². The zero-order valence-electron chi connectivity index (χ0n) is 13.7. The molecule has 0 N–H and O–H groups in total. The van der Waals surface area contributed by atoms with Gasteiger partial charge in [0.2, 0.25) is 5.82 Å². The number of nitrogens with zero attached hydrogens (tertiary/aromatic N) is 2. The Balaban J connectivity index is 1.93. The Morgan fingerprint density at radius 1 is 0.958 bits per heavy atom. The minimum atomic E-state index is -0.995. The second-order valence-electron chi connectivity index (χ2n) is 5.58. The molecule has 0 unspecified atom stereocenters. The van der Waals surface area contributed by atoms with Crippen LogP contribution in [-0.2, 0) is 0 Å². The van der Waals surface area contributed by atoms with E-state index in [1.807, 2.05) is 0 Å². The zero-order valence-corrected chi connectivity index (χ0v) is 15.3. The van der Waals surface area contributed by atoms with Crippen molar-refractivity contribution in [2.75, 3.05) is 6.61 Å². The predicted octanol–water partition coefficient (Wildman–Crippen LogP) is 5.92. The van der Waals surface area contributed by atoms with Gasteiger partial charge in [0.1, 0.15) is 0 Å². The number of ether oxygens (including phenoxy) is 1. The first kappa shape index (κ1) is 18.8. The van der Waals surface area contributed by atoms with Crippen LogP contribution in [0.5, 0.6) is 5.75 Å².